The van der Waals surface area contributed by atoms with Crippen LogP contribution in [0.15, 0.2) is 72.1 Å². The normalized spacial score (nSPS) is 16.3. The number of carbonyl (C=O) groups excluding carboxylic acids is 1. The Labute approximate surface area is 208 Å². The van der Waals surface area contributed by atoms with Gasteiger partial charge in [0.05, 0.1) is 5.75 Å². The number of ether oxygens (including phenoxy) is 1. The Balaban J connectivity index is 1.27. The second kappa shape index (κ2) is 9.54. The van der Waals surface area contributed by atoms with Gasteiger partial charge in [0.2, 0.25) is 5.91 Å². The van der Waals surface area contributed by atoms with Crippen LogP contribution < -0.4 is 10.1 Å². The summed E-state index contributed by atoms with van der Waals surface area (Å²) in [6.45, 7) is 6.72. The molecule has 0 bridgehead atoms. The molecule has 1 aliphatic rings. The predicted octanol–water partition coefficient (Wildman–Crippen LogP) is 6.17. The first kappa shape index (κ1) is 23.1. The molecule has 0 radical (unpaired) electrons. The van der Waals surface area contributed by atoms with Crippen LogP contribution in [0.4, 0.5) is 5.69 Å². The van der Waals surface area contributed by atoms with Gasteiger partial charge in [-0.2, -0.15) is 5.10 Å². The van der Waals surface area contributed by atoms with Crippen molar-refractivity contribution in [3.8, 4) is 22.9 Å². The molecule has 1 atom stereocenters. The average molecular weight is 486 g/mol. The number of rotatable bonds is 5. The smallest absolute Gasteiger partial charge is 0.234 e. The number of hydrogen-bond acceptors (Lipinski definition) is 6. The van der Waals surface area contributed by atoms with Gasteiger partial charge >= 0.3 is 0 Å². The summed E-state index contributed by atoms with van der Waals surface area (Å²) in [5.74, 6) is 2.64. The summed E-state index contributed by atoms with van der Waals surface area (Å²) < 4.78 is 6.35. The van der Waals surface area contributed by atoms with Gasteiger partial charge in [-0.1, -0.05) is 50.7 Å². The number of amides is 1. The maximum atomic E-state index is 12.7. The highest BCUT2D eigenvalue weighted by Gasteiger charge is 2.31. The van der Waals surface area contributed by atoms with Crippen LogP contribution in [-0.2, 0) is 10.2 Å². The number of nitrogens with zero attached hydrogens (tertiary/aromatic N) is 3. The summed E-state index contributed by atoms with van der Waals surface area (Å²) in [5.41, 5.74) is 3.85. The molecule has 7 nitrogen and oxygen atoms in total. The van der Waals surface area contributed by atoms with E-state index in [1.165, 1.54) is 17.3 Å². The quantitative estimate of drug-likeness (QED) is 0.328. The number of benzene rings is 2. The standard InChI is InChI=1S/C27H27N5O2S/c1-17-14-27(2,3)21-8-4-5-9-23(21)34-22-11-10-19(13-20(17)22)29-24(33)16-35-26-30-25(31-32-26)18-7-6-12-28-15-18/h4-13,15,17H,14,16H2,1-3H3,(H,29,33)(H,30,31,32). The summed E-state index contributed by atoms with van der Waals surface area (Å²) in [6, 6.07) is 17.8. The number of para-hydroxylation sites is 1. The van der Waals surface area contributed by atoms with E-state index in [9.17, 15) is 4.79 Å². The lowest BCUT2D eigenvalue weighted by Gasteiger charge is -2.34. The van der Waals surface area contributed by atoms with E-state index >= 15 is 0 Å². The van der Waals surface area contributed by atoms with E-state index in [0.717, 1.165) is 34.7 Å². The molecule has 2 aromatic heterocycles. The average Bonchev–Trinajstić information content (AvgIpc) is 3.33. The maximum Gasteiger partial charge on any atom is 0.234 e. The van der Waals surface area contributed by atoms with Crippen molar-refractivity contribution in [1.82, 2.24) is 20.2 Å². The topological polar surface area (TPSA) is 92.8 Å². The molecule has 5 rings (SSSR count). The Morgan fingerprint density at radius 3 is 2.86 bits per heavy atom. The van der Waals surface area contributed by atoms with Gasteiger partial charge in [0.1, 0.15) is 11.5 Å². The second-order valence-corrected chi connectivity index (χ2v) is 10.3. The minimum atomic E-state index is -0.112. The number of carbonyl (C=O) groups is 1. The molecule has 35 heavy (non-hydrogen) atoms. The van der Waals surface area contributed by atoms with E-state index in [2.05, 4.69) is 58.4 Å². The zero-order valence-corrected chi connectivity index (χ0v) is 20.7. The van der Waals surface area contributed by atoms with Crippen molar-refractivity contribution >= 4 is 23.4 Å². The van der Waals surface area contributed by atoms with Crippen molar-refractivity contribution in [2.45, 2.75) is 43.7 Å². The number of aromatic nitrogens is 4. The van der Waals surface area contributed by atoms with Crippen LogP contribution in [0.25, 0.3) is 11.4 Å². The molecule has 178 valence electrons. The molecule has 1 aliphatic heterocycles. The predicted molar refractivity (Wildman–Crippen MR) is 138 cm³/mol. The molecule has 0 spiro atoms. The molecule has 3 heterocycles. The number of hydrogen-bond donors (Lipinski definition) is 2. The van der Waals surface area contributed by atoms with E-state index in [0.29, 0.717) is 11.0 Å². The van der Waals surface area contributed by atoms with E-state index in [1.807, 2.05) is 42.5 Å². The molecule has 0 fully saturated rings. The van der Waals surface area contributed by atoms with E-state index < -0.39 is 0 Å². The summed E-state index contributed by atoms with van der Waals surface area (Å²) in [7, 11) is 0. The van der Waals surface area contributed by atoms with Crippen LogP contribution in [0, 0.1) is 0 Å². The molecule has 4 aromatic rings. The Bertz CT molecular complexity index is 1350. The van der Waals surface area contributed by atoms with Crippen molar-refractivity contribution < 1.29 is 9.53 Å². The van der Waals surface area contributed by atoms with Crippen LogP contribution in [-0.4, -0.2) is 31.8 Å². The number of fused-ring (bicyclic) bond motifs is 2. The third kappa shape index (κ3) is 5.07. The number of anilines is 1. The van der Waals surface area contributed by atoms with Crippen molar-refractivity contribution in [3.63, 3.8) is 0 Å². The Hall–Kier alpha value is -3.65. The van der Waals surface area contributed by atoms with E-state index in [-0.39, 0.29) is 23.0 Å². The molecule has 1 amide bonds. The zero-order valence-electron chi connectivity index (χ0n) is 19.9. The van der Waals surface area contributed by atoms with Crippen molar-refractivity contribution in [2.75, 3.05) is 11.1 Å². The number of nitrogens with one attached hydrogen (secondary N) is 2. The fourth-order valence-corrected chi connectivity index (χ4v) is 5.19. The summed E-state index contributed by atoms with van der Waals surface area (Å²) in [4.78, 5) is 21.2. The number of pyridine rings is 1. The number of thioether (sulfide) groups is 1. The summed E-state index contributed by atoms with van der Waals surface area (Å²) in [5, 5.41) is 10.7. The number of H-pyrrole nitrogens is 1. The SMILES string of the molecule is CC1CC(C)(C)c2ccccc2Oc2ccc(NC(=O)CSc3nc(-c4cccnc4)n[nH]3)cc21. The van der Waals surface area contributed by atoms with Crippen molar-refractivity contribution in [3.05, 3.63) is 78.1 Å². The first-order chi connectivity index (χ1) is 16.9. The second-order valence-electron chi connectivity index (χ2n) is 9.38. The summed E-state index contributed by atoms with van der Waals surface area (Å²) in [6.07, 6.45) is 4.38. The van der Waals surface area contributed by atoms with Crippen LogP contribution in [0.1, 0.15) is 44.2 Å². The molecule has 2 N–H and O–H groups in total. The molecule has 0 saturated carbocycles. The lowest BCUT2D eigenvalue weighted by atomic mass is 9.74. The monoisotopic (exact) mass is 485 g/mol. The van der Waals surface area contributed by atoms with Crippen molar-refractivity contribution in [1.29, 1.82) is 0 Å². The first-order valence-corrected chi connectivity index (χ1v) is 12.5. The third-order valence-electron chi connectivity index (χ3n) is 6.20. The molecular weight excluding hydrogens is 458 g/mol. The third-order valence-corrected chi connectivity index (χ3v) is 7.06. The van der Waals surface area contributed by atoms with Gasteiger partial charge in [-0.05, 0) is 59.7 Å². The molecule has 1 unspecified atom stereocenters. The number of aromatic amines is 1. The summed E-state index contributed by atoms with van der Waals surface area (Å²) >= 11 is 1.30. The Morgan fingerprint density at radius 1 is 1.17 bits per heavy atom. The van der Waals surface area contributed by atoms with Gasteiger partial charge in [0.15, 0.2) is 11.0 Å². The highest BCUT2D eigenvalue weighted by Crippen LogP contribution is 2.46. The van der Waals surface area contributed by atoms with Gasteiger partial charge in [0.25, 0.3) is 0 Å². The maximum absolute atomic E-state index is 12.7. The minimum absolute atomic E-state index is 0.0324. The highest BCUT2D eigenvalue weighted by atomic mass is 32.2. The van der Waals surface area contributed by atoms with E-state index in [4.69, 9.17) is 4.74 Å². The Kier molecular flexibility index (Phi) is 6.30. The van der Waals surface area contributed by atoms with Crippen LogP contribution in [0.2, 0.25) is 0 Å². The van der Waals surface area contributed by atoms with Gasteiger partial charge in [0, 0.05) is 29.2 Å². The van der Waals surface area contributed by atoms with Crippen LogP contribution in [0.3, 0.4) is 0 Å². The van der Waals surface area contributed by atoms with Crippen molar-refractivity contribution in [2.24, 2.45) is 0 Å². The van der Waals surface area contributed by atoms with Gasteiger partial charge < -0.3 is 10.1 Å². The molecule has 8 heteroatoms. The van der Waals surface area contributed by atoms with Gasteiger partial charge in [-0.25, -0.2) is 4.98 Å². The van der Waals surface area contributed by atoms with Crippen LogP contribution in [0.5, 0.6) is 11.5 Å². The van der Waals surface area contributed by atoms with E-state index in [1.54, 1.807) is 12.4 Å². The van der Waals surface area contributed by atoms with Gasteiger partial charge in [-0.15, -0.1) is 0 Å². The fraction of sp³-hybridized carbons (Fsp3) is 0.259. The Morgan fingerprint density at radius 2 is 2.03 bits per heavy atom. The lowest BCUT2D eigenvalue weighted by Crippen LogP contribution is -2.23. The minimum Gasteiger partial charge on any atom is -0.457 e. The molecule has 2 aromatic carbocycles. The lowest BCUT2D eigenvalue weighted by molar-refractivity contribution is -0.113. The molecule has 0 aliphatic carbocycles. The fourth-order valence-electron chi connectivity index (χ4n) is 4.59. The van der Waals surface area contributed by atoms with Gasteiger partial charge in [-0.3, -0.25) is 14.9 Å². The highest BCUT2D eigenvalue weighted by molar-refractivity contribution is 7.99. The zero-order chi connectivity index (χ0) is 24.4. The molecular formula is C27H27N5O2S. The molecule has 0 saturated heterocycles. The first-order valence-electron chi connectivity index (χ1n) is 11.6. The van der Waals surface area contributed by atoms with Crippen LogP contribution >= 0.6 is 11.8 Å². The largest absolute Gasteiger partial charge is 0.457 e.